The lowest BCUT2D eigenvalue weighted by molar-refractivity contribution is -0.134. The quantitative estimate of drug-likeness (QED) is 0.807. The third kappa shape index (κ3) is 5.45. The van der Waals surface area contributed by atoms with Crippen molar-refractivity contribution in [3.05, 3.63) is 35.9 Å². The summed E-state index contributed by atoms with van der Waals surface area (Å²) in [6.45, 7) is 3.50. The van der Waals surface area contributed by atoms with Crippen molar-refractivity contribution >= 4 is 24.2 Å². The van der Waals surface area contributed by atoms with Gasteiger partial charge in [-0.25, -0.2) is 0 Å². The van der Waals surface area contributed by atoms with Gasteiger partial charge in [-0.3, -0.25) is 9.59 Å². The summed E-state index contributed by atoms with van der Waals surface area (Å²) in [6.07, 6.45) is 5.13. The smallest absolute Gasteiger partial charge is 0.230 e. The molecular formula is C21H32ClN3O2. The molecule has 0 bridgehead atoms. The summed E-state index contributed by atoms with van der Waals surface area (Å²) in [7, 11) is 0. The average Bonchev–Trinajstić information content (AvgIpc) is 3.10. The molecule has 1 aliphatic carbocycles. The maximum Gasteiger partial charge on any atom is 0.230 e. The fourth-order valence-electron chi connectivity index (χ4n) is 4.28. The Morgan fingerprint density at radius 1 is 1.15 bits per heavy atom. The molecule has 1 aromatic carbocycles. The molecule has 2 aliphatic rings. The second-order valence-electron chi connectivity index (χ2n) is 7.75. The molecule has 150 valence electrons. The maximum atomic E-state index is 12.9. The molecule has 2 amide bonds. The number of nitrogens with one attached hydrogen (secondary N) is 1. The first-order chi connectivity index (χ1) is 12.6. The predicted molar refractivity (Wildman–Crippen MR) is 110 cm³/mol. The Morgan fingerprint density at radius 3 is 2.37 bits per heavy atom. The van der Waals surface area contributed by atoms with Crippen LogP contribution in [0.2, 0.25) is 0 Å². The Labute approximate surface area is 168 Å². The van der Waals surface area contributed by atoms with Crippen LogP contribution in [0.25, 0.3) is 0 Å². The maximum absolute atomic E-state index is 12.9. The second-order valence-corrected chi connectivity index (χ2v) is 7.75. The van der Waals surface area contributed by atoms with E-state index in [-0.39, 0.29) is 48.1 Å². The van der Waals surface area contributed by atoms with Crippen LogP contribution in [0, 0.1) is 5.92 Å². The van der Waals surface area contributed by atoms with Crippen LogP contribution in [0.3, 0.4) is 0 Å². The number of piperidine rings is 1. The number of carbonyl (C=O) groups excluding carboxylic acids is 2. The Kier molecular flexibility index (Phi) is 8.11. The fraction of sp³-hybridized carbons (Fsp3) is 0.619. The first kappa shape index (κ1) is 21.7. The summed E-state index contributed by atoms with van der Waals surface area (Å²) in [5.74, 6) is 0.373. The van der Waals surface area contributed by atoms with Crippen LogP contribution >= 0.6 is 12.4 Å². The lowest BCUT2D eigenvalue weighted by atomic mass is 9.93. The molecule has 3 N–H and O–H groups in total. The number of benzene rings is 1. The molecule has 6 heteroatoms. The molecule has 0 aromatic heterocycles. The second kappa shape index (κ2) is 10.1. The van der Waals surface area contributed by atoms with E-state index in [1.165, 1.54) is 0 Å². The van der Waals surface area contributed by atoms with E-state index in [0.29, 0.717) is 0 Å². The number of halogens is 1. The molecule has 1 aromatic rings. The van der Waals surface area contributed by atoms with Crippen LogP contribution < -0.4 is 11.1 Å². The van der Waals surface area contributed by atoms with Crippen LogP contribution in [0.5, 0.6) is 0 Å². The van der Waals surface area contributed by atoms with Gasteiger partial charge in [0.25, 0.3) is 0 Å². The van der Waals surface area contributed by atoms with Crippen LogP contribution in [0.4, 0.5) is 0 Å². The molecule has 0 spiro atoms. The standard InChI is InChI=1S/C21H31N3O2.ClH/c1-2-19(15-6-4-3-5-7-15)21(26)24-12-10-18(11-13-24)23-20(25)16-8-9-17(22)14-16;/h3-7,16-19H,2,8-14,22H2,1H3,(H,23,25);1H. The Bertz CT molecular complexity index is 617. The lowest BCUT2D eigenvalue weighted by Gasteiger charge is -2.35. The van der Waals surface area contributed by atoms with Crippen molar-refractivity contribution in [2.45, 2.75) is 63.5 Å². The first-order valence-electron chi connectivity index (χ1n) is 9.98. The van der Waals surface area contributed by atoms with E-state index >= 15 is 0 Å². The fourth-order valence-corrected chi connectivity index (χ4v) is 4.28. The molecule has 3 atom stereocenters. The molecule has 5 nitrogen and oxygen atoms in total. The van der Waals surface area contributed by atoms with E-state index in [2.05, 4.69) is 12.2 Å². The summed E-state index contributed by atoms with van der Waals surface area (Å²) in [5, 5.41) is 3.18. The van der Waals surface area contributed by atoms with Gasteiger partial charge in [-0.1, -0.05) is 37.3 Å². The van der Waals surface area contributed by atoms with Crippen molar-refractivity contribution in [1.29, 1.82) is 0 Å². The molecular weight excluding hydrogens is 362 g/mol. The van der Waals surface area contributed by atoms with Gasteiger partial charge in [-0.15, -0.1) is 12.4 Å². The highest BCUT2D eigenvalue weighted by molar-refractivity contribution is 5.85. The molecule has 3 unspecified atom stereocenters. The van der Waals surface area contributed by atoms with Gasteiger partial charge in [0.1, 0.15) is 0 Å². The van der Waals surface area contributed by atoms with Crippen molar-refractivity contribution in [2.24, 2.45) is 11.7 Å². The average molecular weight is 394 g/mol. The third-order valence-corrected chi connectivity index (χ3v) is 5.91. The summed E-state index contributed by atoms with van der Waals surface area (Å²) >= 11 is 0. The van der Waals surface area contributed by atoms with Crippen LogP contribution in [-0.4, -0.2) is 41.9 Å². The number of likely N-dealkylation sites (tertiary alicyclic amines) is 1. The van der Waals surface area contributed by atoms with Gasteiger partial charge in [0.2, 0.25) is 11.8 Å². The lowest BCUT2D eigenvalue weighted by Crippen LogP contribution is -2.48. The zero-order chi connectivity index (χ0) is 18.5. The van der Waals surface area contributed by atoms with Crippen molar-refractivity contribution in [3.63, 3.8) is 0 Å². The van der Waals surface area contributed by atoms with E-state index < -0.39 is 0 Å². The summed E-state index contributed by atoms with van der Waals surface area (Å²) < 4.78 is 0. The van der Waals surface area contributed by atoms with Crippen molar-refractivity contribution in [2.75, 3.05) is 13.1 Å². The number of nitrogens with two attached hydrogens (primary N) is 1. The molecule has 1 saturated heterocycles. The first-order valence-corrected chi connectivity index (χ1v) is 9.98. The minimum absolute atomic E-state index is 0. The van der Waals surface area contributed by atoms with Gasteiger partial charge in [-0.2, -0.15) is 0 Å². The van der Waals surface area contributed by atoms with E-state index in [9.17, 15) is 9.59 Å². The molecule has 2 fully saturated rings. The van der Waals surface area contributed by atoms with E-state index in [1.54, 1.807) is 0 Å². The number of rotatable bonds is 5. The Hall–Kier alpha value is -1.59. The van der Waals surface area contributed by atoms with Crippen LogP contribution in [0.1, 0.15) is 56.9 Å². The van der Waals surface area contributed by atoms with Gasteiger partial charge in [0.05, 0.1) is 5.92 Å². The van der Waals surface area contributed by atoms with Crippen LogP contribution in [0.15, 0.2) is 30.3 Å². The molecule has 1 saturated carbocycles. The van der Waals surface area contributed by atoms with Crippen molar-refractivity contribution < 1.29 is 9.59 Å². The molecule has 1 heterocycles. The highest BCUT2D eigenvalue weighted by Gasteiger charge is 2.32. The van der Waals surface area contributed by atoms with Crippen molar-refractivity contribution in [3.8, 4) is 0 Å². The number of amides is 2. The van der Waals surface area contributed by atoms with Gasteiger partial charge in [-0.05, 0) is 44.1 Å². The predicted octanol–water partition coefficient (Wildman–Crippen LogP) is 2.84. The highest BCUT2D eigenvalue weighted by atomic mass is 35.5. The van der Waals surface area contributed by atoms with E-state index in [0.717, 1.165) is 57.2 Å². The molecule has 27 heavy (non-hydrogen) atoms. The zero-order valence-corrected chi connectivity index (χ0v) is 16.9. The van der Waals surface area contributed by atoms with Gasteiger partial charge >= 0.3 is 0 Å². The number of hydrogen-bond donors (Lipinski definition) is 2. The van der Waals surface area contributed by atoms with Crippen LogP contribution in [-0.2, 0) is 9.59 Å². The normalized spacial score (nSPS) is 24.1. The number of hydrogen-bond acceptors (Lipinski definition) is 3. The third-order valence-electron chi connectivity index (χ3n) is 5.91. The molecule has 0 radical (unpaired) electrons. The molecule has 3 rings (SSSR count). The minimum Gasteiger partial charge on any atom is -0.353 e. The van der Waals surface area contributed by atoms with Gasteiger partial charge < -0.3 is 16.0 Å². The van der Waals surface area contributed by atoms with Crippen molar-refractivity contribution in [1.82, 2.24) is 10.2 Å². The Morgan fingerprint density at radius 2 is 1.81 bits per heavy atom. The largest absolute Gasteiger partial charge is 0.353 e. The topological polar surface area (TPSA) is 75.4 Å². The van der Waals surface area contributed by atoms with E-state index in [4.69, 9.17) is 5.73 Å². The number of nitrogens with zero attached hydrogens (tertiary/aromatic N) is 1. The molecule has 1 aliphatic heterocycles. The summed E-state index contributed by atoms with van der Waals surface area (Å²) in [5.41, 5.74) is 7.00. The minimum atomic E-state index is -0.0673. The Balaban J connectivity index is 0.00000261. The summed E-state index contributed by atoms with van der Waals surface area (Å²) in [6, 6.07) is 10.4. The monoisotopic (exact) mass is 393 g/mol. The summed E-state index contributed by atoms with van der Waals surface area (Å²) in [4.78, 5) is 27.3. The van der Waals surface area contributed by atoms with Gasteiger partial charge in [0.15, 0.2) is 0 Å². The zero-order valence-electron chi connectivity index (χ0n) is 16.1. The highest BCUT2D eigenvalue weighted by Crippen LogP contribution is 2.26. The van der Waals surface area contributed by atoms with E-state index in [1.807, 2.05) is 35.2 Å². The SMILES string of the molecule is CCC(C(=O)N1CCC(NC(=O)C2CCC(N)C2)CC1)c1ccccc1.Cl. The van der Waals surface area contributed by atoms with Gasteiger partial charge in [0, 0.05) is 31.1 Å². The number of carbonyl (C=O) groups is 2.